The summed E-state index contributed by atoms with van der Waals surface area (Å²) in [6.07, 6.45) is -0.0916. The third-order valence-electron chi connectivity index (χ3n) is 3.96. The lowest BCUT2D eigenvalue weighted by Gasteiger charge is -2.21. The van der Waals surface area contributed by atoms with Crippen LogP contribution >= 0.6 is 0 Å². The van der Waals surface area contributed by atoms with Gasteiger partial charge in [0.2, 0.25) is 5.91 Å². The highest BCUT2D eigenvalue weighted by Gasteiger charge is 2.23. The van der Waals surface area contributed by atoms with E-state index in [-0.39, 0.29) is 18.9 Å². The first-order valence-electron chi connectivity index (χ1n) is 8.37. The summed E-state index contributed by atoms with van der Waals surface area (Å²) in [7, 11) is 3.40. The number of benzene rings is 2. The highest BCUT2D eigenvalue weighted by molar-refractivity contribution is 5.93. The average Bonchev–Trinajstić information content (AvgIpc) is 2.62. The van der Waals surface area contributed by atoms with Crippen LogP contribution in [0.1, 0.15) is 12.0 Å². The van der Waals surface area contributed by atoms with Crippen molar-refractivity contribution in [1.29, 1.82) is 0 Å². The van der Waals surface area contributed by atoms with Crippen molar-refractivity contribution in [3.05, 3.63) is 60.2 Å². The van der Waals surface area contributed by atoms with Gasteiger partial charge in [0, 0.05) is 31.3 Å². The van der Waals surface area contributed by atoms with E-state index >= 15 is 0 Å². The van der Waals surface area contributed by atoms with Gasteiger partial charge in [-0.1, -0.05) is 36.4 Å². The molecule has 0 radical (unpaired) electrons. The summed E-state index contributed by atoms with van der Waals surface area (Å²) in [6, 6.07) is 16.8. The molecule has 6 heteroatoms. The largest absolute Gasteiger partial charge is 0.497 e. The molecule has 0 aliphatic heterocycles. The van der Waals surface area contributed by atoms with Gasteiger partial charge in [-0.05, 0) is 24.7 Å². The number of aliphatic carboxylic acids is 1. The van der Waals surface area contributed by atoms with Crippen molar-refractivity contribution in [3.8, 4) is 5.75 Å². The van der Waals surface area contributed by atoms with Gasteiger partial charge in [-0.15, -0.1) is 0 Å². The molecular formula is C20H24N2O4. The second kappa shape index (κ2) is 9.58. The molecule has 0 unspecified atom stereocenters. The van der Waals surface area contributed by atoms with E-state index in [1.54, 1.807) is 31.4 Å². The summed E-state index contributed by atoms with van der Waals surface area (Å²) in [4.78, 5) is 25.7. The van der Waals surface area contributed by atoms with Gasteiger partial charge in [-0.2, -0.15) is 0 Å². The standard InChI is InChI=1S/C20H24N2O4/c1-22(13-15-7-4-3-5-8-15)14-16(20(24)25)11-19(23)21-17-9-6-10-18(12-17)26-2/h3-10,12,16H,11,13-14H2,1-2H3,(H,21,23)(H,24,25)/t16-/m0/s1. The molecule has 6 nitrogen and oxygen atoms in total. The van der Waals surface area contributed by atoms with Crippen molar-refractivity contribution < 1.29 is 19.4 Å². The van der Waals surface area contributed by atoms with Gasteiger partial charge in [-0.3, -0.25) is 9.59 Å². The van der Waals surface area contributed by atoms with Gasteiger partial charge in [0.1, 0.15) is 5.75 Å². The number of ether oxygens (including phenoxy) is 1. The molecule has 0 spiro atoms. The third kappa shape index (κ3) is 6.22. The van der Waals surface area contributed by atoms with Gasteiger partial charge in [0.05, 0.1) is 13.0 Å². The smallest absolute Gasteiger partial charge is 0.308 e. The lowest BCUT2D eigenvalue weighted by molar-refractivity contribution is -0.144. The number of nitrogens with zero attached hydrogens (tertiary/aromatic N) is 1. The SMILES string of the molecule is COc1cccc(NC(=O)C[C@@H](CN(C)Cc2ccccc2)C(=O)O)c1. The van der Waals surface area contributed by atoms with E-state index in [1.165, 1.54) is 0 Å². The van der Waals surface area contributed by atoms with Crippen LogP contribution in [-0.4, -0.2) is 42.6 Å². The minimum Gasteiger partial charge on any atom is -0.497 e. The number of amides is 1. The summed E-state index contributed by atoms with van der Waals surface area (Å²) in [5.74, 6) is -1.47. The second-order valence-electron chi connectivity index (χ2n) is 6.20. The number of carbonyl (C=O) groups is 2. The molecule has 2 N–H and O–H groups in total. The molecule has 1 amide bonds. The van der Waals surface area contributed by atoms with E-state index in [1.807, 2.05) is 42.3 Å². The van der Waals surface area contributed by atoms with Crippen molar-refractivity contribution in [3.63, 3.8) is 0 Å². The van der Waals surface area contributed by atoms with Crippen LogP contribution in [0.5, 0.6) is 5.75 Å². The van der Waals surface area contributed by atoms with Gasteiger partial charge in [-0.25, -0.2) is 0 Å². The molecule has 2 aromatic carbocycles. The number of nitrogens with one attached hydrogen (secondary N) is 1. The molecule has 0 saturated carbocycles. The Bertz CT molecular complexity index is 734. The zero-order valence-corrected chi connectivity index (χ0v) is 15.0. The predicted octanol–water partition coefficient (Wildman–Crippen LogP) is 2.86. The predicted molar refractivity (Wildman–Crippen MR) is 100 cm³/mol. The molecule has 0 fully saturated rings. The van der Waals surface area contributed by atoms with Gasteiger partial charge in [0.25, 0.3) is 0 Å². The second-order valence-corrected chi connectivity index (χ2v) is 6.20. The minimum absolute atomic E-state index is 0.0916. The Labute approximate surface area is 153 Å². The summed E-state index contributed by atoms with van der Waals surface area (Å²) in [6.45, 7) is 0.915. The maximum absolute atomic E-state index is 12.2. The molecule has 0 bridgehead atoms. The molecule has 0 aromatic heterocycles. The van der Waals surface area contributed by atoms with Gasteiger partial charge >= 0.3 is 5.97 Å². The Kier molecular flexibility index (Phi) is 7.17. The summed E-state index contributed by atoms with van der Waals surface area (Å²) >= 11 is 0. The first-order valence-corrected chi connectivity index (χ1v) is 8.37. The number of hydrogen-bond donors (Lipinski definition) is 2. The summed E-state index contributed by atoms with van der Waals surface area (Å²) in [5, 5.41) is 12.2. The van der Waals surface area contributed by atoms with Crippen molar-refractivity contribution in [2.75, 3.05) is 26.0 Å². The molecule has 2 aromatic rings. The maximum atomic E-state index is 12.2. The number of methoxy groups -OCH3 is 1. The number of carboxylic acid groups (broad SMARTS) is 1. The molecule has 26 heavy (non-hydrogen) atoms. The van der Waals surface area contributed by atoms with Crippen molar-refractivity contribution in [1.82, 2.24) is 4.90 Å². The minimum atomic E-state index is -0.981. The molecule has 1 atom stereocenters. The molecule has 2 rings (SSSR count). The van der Waals surface area contributed by atoms with Crippen LogP contribution in [0.4, 0.5) is 5.69 Å². The fourth-order valence-corrected chi connectivity index (χ4v) is 2.70. The van der Waals surface area contributed by atoms with Crippen LogP contribution in [0, 0.1) is 5.92 Å². The third-order valence-corrected chi connectivity index (χ3v) is 3.96. The molecular weight excluding hydrogens is 332 g/mol. The number of carbonyl (C=O) groups excluding carboxylic acids is 1. The van der Waals surface area contributed by atoms with E-state index in [9.17, 15) is 14.7 Å². The highest BCUT2D eigenvalue weighted by Crippen LogP contribution is 2.18. The Hall–Kier alpha value is -2.86. The lowest BCUT2D eigenvalue weighted by atomic mass is 10.0. The Morgan fingerprint density at radius 1 is 1.15 bits per heavy atom. The highest BCUT2D eigenvalue weighted by atomic mass is 16.5. The zero-order valence-electron chi connectivity index (χ0n) is 15.0. The fraction of sp³-hybridized carbons (Fsp3) is 0.300. The molecule has 0 aliphatic rings. The van der Waals surface area contributed by atoms with Crippen molar-refractivity contribution in [2.45, 2.75) is 13.0 Å². The summed E-state index contributed by atoms with van der Waals surface area (Å²) in [5.41, 5.74) is 1.68. The molecule has 0 saturated heterocycles. The van der Waals surface area contributed by atoms with Gasteiger partial charge in [0.15, 0.2) is 0 Å². The average molecular weight is 356 g/mol. The quantitative estimate of drug-likeness (QED) is 0.722. The van der Waals surface area contributed by atoms with Crippen LogP contribution in [0.25, 0.3) is 0 Å². The van der Waals surface area contributed by atoms with Crippen molar-refractivity contribution >= 4 is 17.6 Å². The maximum Gasteiger partial charge on any atom is 0.308 e. The van der Waals surface area contributed by atoms with Crippen LogP contribution in [0.15, 0.2) is 54.6 Å². The van der Waals surface area contributed by atoms with E-state index in [4.69, 9.17) is 4.74 Å². The van der Waals surface area contributed by atoms with Crippen LogP contribution < -0.4 is 10.1 Å². The number of carboxylic acids is 1. The first-order chi connectivity index (χ1) is 12.5. The van der Waals surface area contributed by atoms with E-state index in [0.717, 1.165) is 5.56 Å². The molecule has 0 aliphatic carbocycles. The Morgan fingerprint density at radius 2 is 1.88 bits per heavy atom. The van der Waals surface area contributed by atoms with Crippen LogP contribution in [0.3, 0.4) is 0 Å². The Balaban J connectivity index is 1.92. The van der Waals surface area contributed by atoms with E-state index < -0.39 is 11.9 Å². The summed E-state index contributed by atoms with van der Waals surface area (Å²) < 4.78 is 5.11. The van der Waals surface area contributed by atoms with Gasteiger partial charge < -0.3 is 20.1 Å². The topological polar surface area (TPSA) is 78.9 Å². The molecule has 0 heterocycles. The number of hydrogen-bond acceptors (Lipinski definition) is 4. The van der Waals surface area contributed by atoms with Crippen molar-refractivity contribution in [2.24, 2.45) is 5.92 Å². The monoisotopic (exact) mass is 356 g/mol. The van der Waals surface area contributed by atoms with Crippen LogP contribution in [0.2, 0.25) is 0 Å². The zero-order chi connectivity index (χ0) is 18.9. The fourth-order valence-electron chi connectivity index (χ4n) is 2.70. The lowest BCUT2D eigenvalue weighted by Crippen LogP contribution is -2.33. The van der Waals surface area contributed by atoms with Crippen LogP contribution in [-0.2, 0) is 16.1 Å². The van der Waals surface area contributed by atoms with E-state index in [2.05, 4.69) is 5.32 Å². The normalized spacial score (nSPS) is 11.8. The molecule has 138 valence electrons. The number of anilines is 1. The first kappa shape index (κ1) is 19.5. The Morgan fingerprint density at radius 3 is 2.54 bits per heavy atom. The number of rotatable bonds is 9. The van der Waals surface area contributed by atoms with E-state index in [0.29, 0.717) is 18.0 Å².